The van der Waals surface area contributed by atoms with E-state index in [2.05, 4.69) is 22.9 Å². The maximum Gasteiger partial charge on any atom is 0.116 e. The van der Waals surface area contributed by atoms with Gasteiger partial charge in [0.05, 0.1) is 0 Å². The van der Waals surface area contributed by atoms with Gasteiger partial charge in [-0.3, -0.25) is 0 Å². The van der Waals surface area contributed by atoms with Crippen LogP contribution >= 0.6 is 11.3 Å². The van der Waals surface area contributed by atoms with E-state index in [1.165, 1.54) is 16.5 Å². The molecule has 1 N–H and O–H groups in total. The van der Waals surface area contributed by atoms with E-state index in [0.717, 1.165) is 5.39 Å². The van der Waals surface area contributed by atoms with Gasteiger partial charge >= 0.3 is 0 Å². The van der Waals surface area contributed by atoms with Crippen molar-refractivity contribution in [2.24, 2.45) is 0 Å². The lowest BCUT2D eigenvalue weighted by atomic mass is 10.1. The molecule has 0 fully saturated rings. The van der Waals surface area contributed by atoms with Crippen molar-refractivity contribution < 1.29 is 5.11 Å². The predicted molar refractivity (Wildman–Crippen MR) is 60.1 cm³/mol. The zero-order valence-corrected chi connectivity index (χ0v) is 8.21. The Kier molecular flexibility index (Phi) is 1.52. The fourth-order valence-corrected chi connectivity index (χ4v) is 2.50. The largest absolute Gasteiger partial charge is 0.508 e. The van der Waals surface area contributed by atoms with Gasteiger partial charge in [-0.15, -0.1) is 0 Å². The SMILES string of the molecule is Oc1ccc2cc3ccscc-3c2c1. The summed E-state index contributed by atoms with van der Waals surface area (Å²) in [7, 11) is 0. The fraction of sp³-hybridized carbons (Fsp3) is 0. The van der Waals surface area contributed by atoms with Gasteiger partial charge in [0.15, 0.2) is 0 Å². The maximum absolute atomic E-state index is 9.41. The van der Waals surface area contributed by atoms with Crippen molar-refractivity contribution in [1.29, 1.82) is 0 Å². The Labute approximate surface area is 85.6 Å². The topological polar surface area (TPSA) is 20.2 Å². The lowest BCUT2D eigenvalue weighted by Crippen LogP contribution is -1.69. The number of aromatic hydroxyl groups is 1. The van der Waals surface area contributed by atoms with Gasteiger partial charge in [0, 0.05) is 0 Å². The Bertz CT molecular complexity index is 568. The first-order chi connectivity index (χ1) is 6.84. The van der Waals surface area contributed by atoms with E-state index in [4.69, 9.17) is 0 Å². The molecule has 0 aromatic heterocycles. The van der Waals surface area contributed by atoms with Gasteiger partial charge in [0.2, 0.25) is 0 Å². The van der Waals surface area contributed by atoms with Crippen LogP contribution in [0.1, 0.15) is 0 Å². The molecule has 0 unspecified atom stereocenters. The minimum absolute atomic E-state index is 0.332. The Hall–Kier alpha value is -1.54. The normalized spacial score (nSPS) is 11.1. The van der Waals surface area contributed by atoms with Gasteiger partial charge in [-0.25, -0.2) is 0 Å². The first kappa shape index (κ1) is 7.83. The molecule has 1 heterocycles. The zero-order chi connectivity index (χ0) is 9.54. The molecule has 0 spiro atoms. The van der Waals surface area contributed by atoms with Gasteiger partial charge in [0.1, 0.15) is 5.75 Å². The van der Waals surface area contributed by atoms with Crippen LogP contribution in [0.15, 0.2) is 41.1 Å². The van der Waals surface area contributed by atoms with Gasteiger partial charge < -0.3 is 5.11 Å². The highest BCUT2D eigenvalue weighted by atomic mass is 32.1. The molecule has 0 saturated heterocycles. The predicted octanol–water partition coefficient (Wildman–Crippen LogP) is 3.71. The second-order valence-corrected chi connectivity index (χ2v) is 4.12. The van der Waals surface area contributed by atoms with Crippen molar-refractivity contribution in [2.75, 3.05) is 0 Å². The number of phenolic OH excluding ortho intramolecular Hbond substituents is 1. The molecular formula is C12H8OS. The molecule has 0 saturated carbocycles. The lowest BCUT2D eigenvalue weighted by molar-refractivity contribution is 0.476. The van der Waals surface area contributed by atoms with Crippen LogP contribution in [-0.2, 0) is 0 Å². The van der Waals surface area contributed by atoms with Crippen molar-refractivity contribution >= 4 is 22.1 Å². The number of rotatable bonds is 0. The van der Waals surface area contributed by atoms with Crippen LogP contribution in [0.4, 0.5) is 0 Å². The standard InChI is InChI=1S/C12H8OS/c13-10-2-1-8-5-9-3-4-14-7-12(9)11(8)6-10/h1-7,13H. The highest BCUT2D eigenvalue weighted by Crippen LogP contribution is 2.36. The molecular weight excluding hydrogens is 192 g/mol. The van der Waals surface area contributed by atoms with E-state index in [9.17, 15) is 5.11 Å². The molecule has 1 aromatic carbocycles. The smallest absolute Gasteiger partial charge is 0.116 e. The zero-order valence-electron chi connectivity index (χ0n) is 7.40. The summed E-state index contributed by atoms with van der Waals surface area (Å²) in [5, 5.41) is 15.9. The van der Waals surface area contributed by atoms with Crippen molar-refractivity contribution in [3.63, 3.8) is 0 Å². The summed E-state index contributed by atoms with van der Waals surface area (Å²) < 4.78 is 0. The molecule has 0 atom stereocenters. The Morgan fingerprint density at radius 1 is 1.07 bits per heavy atom. The van der Waals surface area contributed by atoms with Gasteiger partial charge in [-0.2, -0.15) is 11.3 Å². The number of fused-ring (bicyclic) bond motifs is 3. The quantitative estimate of drug-likeness (QED) is 0.586. The highest BCUT2D eigenvalue weighted by molar-refractivity contribution is 7.08. The van der Waals surface area contributed by atoms with Crippen molar-refractivity contribution in [3.05, 3.63) is 41.1 Å². The molecule has 2 aliphatic rings. The van der Waals surface area contributed by atoms with Crippen LogP contribution in [0.25, 0.3) is 21.9 Å². The number of phenols is 1. The summed E-state index contributed by atoms with van der Waals surface area (Å²) in [5.74, 6) is 0.332. The Balaban J connectivity index is 2.51. The molecule has 1 nitrogen and oxygen atoms in total. The van der Waals surface area contributed by atoms with Gasteiger partial charge in [0.25, 0.3) is 0 Å². The van der Waals surface area contributed by atoms with Crippen LogP contribution in [0.2, 0.25) is 0 Å². The Morgan fingerprint density at radius 2 is 2.00 bits per heavy atom. The van der Waals surface area contributed by atoms with Crippen molar-refractivity contribution in [3.8, 4) is 16.9 Å². The molecule has 0 bridgehead atoms. The summed E-state index contributed by atoms with van der Waals surface area (Å²) >= 11 is 1.68. The van der Waals surface area contributed by atoms with E-state index >= 15 is 0 Å². The molecule has 1 aromatic rings. The fourth-order valence-electron chi connectivity index (χ4n) is 1.79. The van der Waals surface area contributed by atoms with Crippen LogP contribution in [0, 0.1) is 0 Å². The first-order valence-electron chi connectivity index (χ1n) is 4.42. The number of hydrogen-bond donors (Lipinski definition) is 1. The molecule has 0 amide bonds. The second-order valence-electron chi connectivity index (χ2n) is 3.34. The maximum atomic E-state index is 9.41. The number of benzene rings is 1. The van der Waals surface area contributed by atoms with Crippen LogP contribution < -0.4 is 0 Å². The molecule has 1 aliphatic carbocycles. The summed E-state index contributed by atoms with van der Waals surface area (Å²) in [4.78, 5) is 0. The van der Waals surface area contributed by atoms with Crippen LogP contribution in [0.5, 0.6) is 5.75 Å². The summed E-state index contributed by atoms with van der Waals surface area (Å²) in [6.45, 7) is 0. The summed E-state index contributed by atoms with van der Waals surface area (Å²) in [6.07, 6.45) is 0. The molecule has 14 heavy (non-hydrogen) atoms. The third-order valence-corrected chi connectivity index (χ3v) is 3.13. The average molecular weight is 200 g/mol. The molecule has 1 aliphatic heterocycles. The summed E-state index contributed by atoms with van der Waals surface area (Å²) in [5.41, 5.74) is 2.47. The van der Waals surface area contributed by atoms with E-state index in [-0.39, 0.29) is 0 Å². The lowest BCUT2D eigenvalue weighted by Gasteiger charge is -1.97. The van der Waals surface area contributed by atoms with Gasteiger partial charge in [-0.1, -0.05) is 6.07 Å². The van der Waals surface area contributed by atoms with Crippen molar-refractivity contribution in [2.45, 2.75) is 0 Å². The monoisotopic (exact) mass is 200 g/mol. The van der Waals surface area contributed by atoms with E-state index in [0.29, 0.717) is 5.75 Å². The minimum atomic E-state index is 0.332. The Morgan fingerprint density at radius 3 is 2.93 bits per heavy atom. The third kappa shape index (κ3) is 1.01. The highest BCUT2D eigenvalue weighted by Gasteiger charge is 2.08. The van der Waals surface area contributed by atoms with E-state index in [1.807, 2.05) is 12.1 Å². The van der Waals surface area contributed by atoms with Crippen LogP contribution in [-0.4, -0.2) is 5.11 Å². The van der Waals surface area contributed by atoms with Gasteiger partial charge in [-0.05, 0) is 56.9 Å². The molecule has 0 radical (unpaired) electrons. The van der Waals surface area contributed by atoms with Crippen LogP contribution in [0.3, 0.4) is 0 Å². The minimum Gasteiger partial charge on any atom is -0.508 e. The van der Waals surface area contributed by atoms with E-state index in [1.54, 1.807) is 17.4 Å². The average Bonchev–Trinajstić information content (AvgIpc) is 2.56. The second kappa shape index (κ2) is 2.72. The summed E-state index contributed by atoms with van der Waals surface area (Å²) in [6, 6.07) is 9.76. The third-order valence-electron chi connectivity index (χ3n) is 2.46. The van der Waals surface area contributed by atoms with Crippen molar-refractivity contribution in [1.82, 2.24) is 0 Å². The van der Waals surface area contributed by atoms with E-state index < -0.39 is 0 Å². The molecule has 3 rings (SSSR count). The molecule has 68 valence electrons. The first-order valence-corrected chi connectivity index (χ1v) is 5.36. The number of hydrogen-bond acceptors (Lipinski definition) is 2. The molecule has 2 heteroatoms.